The maximum absolute atomic E-state index is 14.1. The van der Waals surface area contributed by atoms with Gasteiger partial charge < -0.3 is 25.3 Å². The van der Waals surface area contributed by atoms with Crippen molar-refractivity contribution in [2.75, 3.05) is 20.0 Å². The Morgan fingerprint density at radius 1 is 1.05 bits per heavy atom. The van der Waals surface area contributed by atoms with Crippen LogP contribution in [0.1, 0.15) is 35.7 Å². The van der Waals surface area contributed by atoms with Crippen LogP contribution in [0.4, 0.5) is 10.2 Å². The monoisotopic (exact) mass is 571 g/mol. The molecule has 1 unspecified atom stereocenters. The maximum Gasteiger partial charge on any atom is 0.251 e. The zero-order chi connectivity index (χ0) is 28.1. The fourth-order valence-electron chi connectivity index (χ4n) is 4.15. The lowest BCUT2D eigenvalue weighted by molar-refractivity contribution is 0.0951. The summed E-state index contributed by atoms with van der Waals surface area (Å²) in [5, 5.41) is 3.33. The number of halogens is 3. The molecule has 1 aliphatic rings. The number of nitrogens with two attached hydrogens (primary N) is 1. The molecule has 0 aliphatic heterocycles. The van der Waals surface area contributed by atoms with Crippen molar-refractivity contribution in [1.82, 2.24) is 10.3 Å². The number of carbonyl (C=O) groups is 1. The Morgan fingerprint density at radius 2 is 1.72 bits per heavy atom. The molecular formula is C29H28Cl2FN3O4. The van der Waals surface area contributed by atoms with Crippen LogP contribution in [-0.2, 0) is 6.54 Å². The number of hydrogen-bond acceptors (Lipinski definition) is 6. The second kappa shape index (κ2) is 12.4. The Kier molecular flexibility index (Phi) is 8.99. The highest BCUT2D eigenvalue weighted by atomic mass is 35.5. The van der Waals surface area contributed by atoms with E-state index in [-0.39, 0.29) is 23.2 Å². The lowest BCUT2D eigenvalue weighted by Gasteiger charge is -2.23. The molecule has 2 aromatic carbocycles. The molecule has 1 aromatic heterocycles. The van der Waals surface area contributed by atoms with Crippen molar-refractivity contribution in [3.05, 3.63) is 87.3 Å². The van der Waals surface area contributed by atoms with Gasteiger partial charge in [-0.3, -0.25) is 4.79 Å². The molecule has 1 aliphatic carbocycles. The molecule has 204 valence electrons. The van der Waals surface area contributed by atoms with E-state index in [2.05, 4.69) is 10.3 Å². The number of carbonyl (C=O) groups excluding carboxylic acids is 1. The molecule has 10 heteroatoms. The molecule has 0 spiro atoms. The lowest BCUT2D eigenvalue weighted by atomic mass is 10.0. The fourth-order valence-corrected chi connectivity index (χ4v) is 4.90. The minimum Gasteiger partial charge on any atom is -0.497 e. The van der Waals surface area contributed by atoms with Crippen LogP contribution in [0.15, 0.2) is 76.2 Å². The molecule has 3 N–H and O–H groups in total. The quantitative estimate of drug-likeness (QED) is 0.295. The number of nitrogens with one attached hydrogen (secondary N) is 1. The number of allylic oxidation sites excluding steroid dienone is 2. The van der Waals surface area contributed by atoms with Crippen LogP contribution in [-0.4, -0.2) is 31.2 Å². The summed E-state index contributed by atoms with van der Waals surface area (Å²) < 4.78 is 30.6. The van der Waals surface area contributed by atoms with E-state index in [0.29, 0.717) is 46.4 Å². The van der Waals surface area contributed by atoms with Gasteiger partial charge in [-0.2, -0.15) is 0 Å². The predicted molar refractivity (Wildman–Crippen MR) is 151 cm³/mol. The Balaban J connectivity index is 1.46. The van der Waals surface area contributed by atoms with Crippen LogP contribution in [0, 0.1) is 0 Å². The number of rotatable bonds is 9. The third kappa shape index (κ3) is 6.64. The Hall–Kier alpha value is -3.75. The number of nitrogens with zero attached hydrogens (tertiary/aromatic N) is 1. The van der Waals surface area contributed by atoms with Gasteiger partial charge in [0.2, 0.25) is 0 Å². The number of ether oxygens (including phenoxy) is 3. The highest BCUT2D eigenvalue weighted by molar-refractivity contribution is 6.36. The molecule has 0 saturated heterocycles. The summed E-state index contributed by atoms with van der Waals surface area (Å²) in [7, 11) is 3.14. The van der Waals surface area contributed by atoms with Crippen molar-refractivity contribution in [1.29, 1.82) is 0 Å². The summed E-state index contributed by atoms with van der Waals surface area (Å²) in [6.45, 7) is 2.03. The van der Waals surface area contributed by atoms with Gasteiger partial charge in [-0.25, -0.2) is 9.37 Å². The first kappa shape index (κ1) is 28.3. The largest absolute Gasteiger partial charge is 0.497 e. The van der Waals surface area contributed by atoms with Crippen molar-refractivity contribution in [2.24, 2.45) is 0 Å². The molecular weight excluding hydrogens is 544 g/mol. The molecule has 3 aromatic rings. The van der Waals surface area contributed by atoms with Crippen LogP contribution >= 0.6 is 23.2 Å². The summed E-state index contributed by atoms with van der Waals surface area (Å²) in [5.74, 6) is 1.11. The van der Waals surface area contributed by atoms with Gasteiger partial charge in [-0.15, -0.1) is 0 Å². The van der Waals surface area contributed by atoms with E-state index < -0.39 is 11.9 Å². The zero-order valence-corrected chi connectivity index (χ0v) is 23.2. The van der Waals surface area contributed by atoms with Crippen molar-refractivity contribution in [3.8, 4) is 28.4 Å². The fraction of sp³-hybridized carbons (Fsp3) is 0.241. The summed E-state index contributed by atoms with van der Waals surface area (Å²) in [6.07, 6.45) is 1.48. The second-order valence-corrected chi connectivity index (χ2v) is 9.72. The van der Waals surface area contributed by atoms with Crippen molar-refractivity contribution >= 4 is 34.9 Å². The molecule has 39 heavy (non-hydrogen) atoms. The van der Waals surface area contributed by atoms with E-state index in [4.69, 9.17) is 43.1 Å². The van der Waals surface area contributed by atoms with Crippen molar-refractivity contribution < 1.29 is 23.4 Å². The van der Waals surface area contributed by atoms with E-state index in [1.54, 1.807) is 63.7 Å². The molecule has 4 rings (SSSR count). The van der Waals surface area contributed by atoms with Gasteiger partial charge in [0.1, 0.15) is 23.4 Å². The molecule has 1 heterocycles. The molecule has 0 saturated carbocycles. The molecule has 0 bridgehead atoms. The SMILES string of the molecule is COc1cc(CNC(=O)c2ccc(-c3cnc(N)c(OC(C)C4=C(Cl)CCC(F)=C4Cl)c3)cc2)cc(OC)c1. The smallest absolute Gasteiger partial charge is 0.251 e. The van der Waals surface area contributed by atoms with E-state index in [1.165, 1.54) is 0 Å². The Bertz CT molecular complexity index is 1420. The van der Waals surface area contributed by atoms with Crippen LogP contribution in [0.3, 0.4) is 0 Å². The van der Waals surface area contributed by atoms with Crippen LogP contribution in [0.2, 0.25) is 0 Å². The third-order valence-corrected chi connectivity index (χ3v) is 7.07. The number of methoxy groups -OCH3 is 2. The van der Waals surface area contributed by atoms with Crippen molar-refractivity contribution in [2.45, 2.75) is 32.4 Å². The maximum atomic E-state index is 14.1. The Morgan fingerprint density at radius 3 is 2.36 bits per heavy atom. The van der Waals surface area contributed by atoms with Gasteiger partial charge in [-0.05, 0) is 54.8 Å². The van der Waals surface area contributed by atoms with Crippen molar-refractivity contribution in [3.63, 3.8) is 0 Å². The van der Waals surface area contributed by atoms with Crippen LogP contribution < -0.4 is 25.3 Å². The van der Waals surface area contributed by atoms with Crippen LogP contribution in [0.5, 0.6) is 17.2 Å². The average molecular weight is 572 g/mol. The number of hydrogen-bond donors (Lipinski definition) is 2. The highest BCUT2D eigenvalue weighted by Gasteiger charge is 2.26. The van der Waals surface area contributed by atoms with Gasteiger partial charge >= 0.3 is 0 Å². The first-order chi connectivity index (χ1) is 18.7. The highest BCUT2D eigenvalue weighted by Crippen LogP contribution is 2.39. The second-order valence-electron chi connectivity index (χ2n) is 8.89. The summed E-state index contributed by atoms with van der Waals surface area (Å²) in [5.41, 5.74) is 9.30. The summed E-state index contributed by atoms with van der Waals surface area (Å²) in [4.78, 5) is 17.0. The molecule has 7 nitrogen and oxygen atoms in total. The number of amides is 1. The van der Waals surface area contributed by atoms with Gasteiger partial charge in [0.25, 0.3) is 5.91 Å². The average Bonchev–Trinajstić information content (AvgIpc) is 2.95. The van der Waals surface area contributed by atoms with Crippen LogP contribution in [0.25, 0.3) is 11.1 Å². The van der Waals surface area contributed by atoms with E-state index in [9.17, 15) is 9.18 Å². The first-order valence-corrected chi connectivity index (χ1v) is 12.9. The first-order valence-electron chi connectivity index (χ1n) is 12.2. The van der Waals surface area contributed by atoms with Gasteiger partial charge in [-0.1, -0.05) is 35.3 Å². The zero-order valence-electron chi connectivity index (χ0n) is 21.7. The number of pyridine rings is 1. The minimum atomic E-state index is -0.647. The topological polar surface area (TPSA) is 95.7 Å². The molecule has 1 atom stereocenters. The molecule has 0 radical (unpaired) electrons. The number of aromatic nitrogens is 1. The summed E-state index contributed by atoms with van der Waals surface area (Å²) >= 11 is 12.5. The van der Waals surface area contributed by atoms with Gasteiger partial charge in [0.05, 0.1) is 19.3 Å². The summed E-state index contributed by atoms with van der Waals surface area (Å²) in [6, 6.07) is 14.2. The number of benzene rings is 2. The van der Waals surface area contributed by atoms with Gasteiger partial charge in [0.15, 0.2) is 11.6 Å². The normalized spacial score (nSPS) is 14.2. The Labute approximate surface area is 236 Å². The number of nitrogen functional groups attached to an aromatic ring is 1. The minimum absolute atomic E-state index is 0.0270. The van der Waals surface area contributed by atoms with Gasteiger partial charge in [0, 0.05) is 47.0 Å². The predicted octanol–water partition coefficient (Wildman–Crippen LogP) is 6.75. The van der Waals surface area contributed by atoms with E-state index >= 15 is 0 Å². The molecule has 1 amide bonds. The number of anilines is 1. The van der Waals surface area contributed by atoms with E-state index in [0.717, 1.165) is 16.7 Å². The van der Waals surface area contributed by atoms with E-state index in [1.807, 2.05) is 12.1 Å². The standard InChI is InChI=1S/C29H28Cl2FN3O4/c1-16(26-23(30)8-9-24(32)27(26)31)39-25-12-20(15-34-28(25)33)18-4-6-19(7-5-18)29(36)35-14-17-10-21(37-2)13-22(11-17)38-3/h4-7,10-13,15-16H,8-9,14H2,1-3H3,(H2,33,34)(H,35,36). The third-order valence-electron chi connectivity index (χ3n) is 6.27. The lowest BCUT2D eigenvalue weighted by Crippen LogP contribution is -2.22. The molecule has 0 fully saturated rings.